The summed E-state index contributed by atoms with van der Waals surface area (Å²) in [6.45, 7) is 3.89. The van der Waals surface area contributed by atoms with Gasteiger partial charge in [0.15, 0.2) is 5.65 Å². The number of sulfonamides is 1. The summed E-state index contributed by atoms with van der Waals surface area (Å²) >= 11 is 0. The maximum Gasteiger partial charge on any atom is 0.252 e. The maximum atomic E-state index is 12.9. The fourth-order valence-electron chi connectivity index (χ4n) is 3.17. The molecule has 0 bridgehead atoms. The van der Waals surface area contributed by atoms with Crippen molar-refractivity contribution >= 4 is 27.0 Å². The van der Waals surface area contributed by atoms with Crippen molar-refractivity contribution in [3.8, 4) is 0 Å². The lowest BCUT2D eigenvalue weighted by atomic mass is 10.1. The van der Waals surface area contributed by atoms with Crippen molar-refractivity contribution in [3.05, 3.63) is 58.4 Å². The van der Waals surface area contributed by atoms with Gasteiger partial charge in [0.1, 0.15) is 0 Å². The molecule has 0 unspecified atom stereocenters. The first-order chi connectivity index (χ1) is 13.2. The van der Waals surface area contributed by atoms with Gasteiger partial charge in [0.25, 0.3) is 5.91 Å². The molecular formula is C19H23N5O3S. The summed E-state index contributed by atoms with van der Waals surface area (Å²) in [6.07, 6.45) is 0. The molecule has 1 aromatic carbocycles. The number of amides is 1. The van der Waals surface area contributed by atoms with Crippen molar-refractivity contribution in [2.75, 3.05) is 7.05 Å². The van der Waals surface area contributed by atoms with E-state index < -0.39 is 10.0 Å². The Balaban J connectivity index is 1.88. The molecule has 0 spiro atoms. The van der Waals surface area contributed by atoms with Gasteiger partial charge in [0, 0.05) is 19.3 Å². The predicted octanol–water partition coefficient (Wildman–Crippen LogP) is 1.56. The molecule has 0 saturated heterocycles. The highest BCUT2D eigenvalue weighted by Gasteiger charge is 2.18. The molecule has 28 heavy (non-hydrogen) atoms. The highest BCUT2D eigenvalue weighted by atomic mass is 32.2. The number of hydrogen-bond acceptors (Lipinski definition) is 5. The average Bonchev–Trinajstić information content (AvgIpc) is 2.93. The van der Waals surface area contributed by atoms with E-state index in [0.717, 1.165) is 22.3 Å². The molecule has 8 nitrogen and oxygen atoms in total. The fraction of sp³-hybridized carbons (Fsp3) is 0.316. The van der Waals surface area contributed by atoms with Crippen LogP contribution in [0.3, 0.4) is 0 Å². The third-order valence-corrected chi connectivity index (χ3v) is 5.87. The van der Waals surface area contributed by atoms with Crippen molar-refractivity contribution in [2.45, 2.75) is 26.1 Å². The molecule has 2 heterocycles. The van der Waals surface area contributed by atoms with E-state index in [-0.39, 0.29) is 18.2 Å². The number of hydrogen-bond donors (Lipinski definition) is 2. The topological polar surface area (TPSA) is 106 Å². The molecule has 0 saturated carbocycles. The fourth-order valence-corrected chi connectivity index (χ4v) is 4.00. The van der Waals surface area contributed by atoms with E-state index in [0.29, 0.717) is 16.8 Å². The minimum Gasteiger partial charge on any atom is -0.348 e. The second-order valence-corrected chi connectivity index (χ2v) is 8.56. The SMILES string of the molecule is CNS(=O)(=O)Cc1ccccc1CNC(=O)c1cc(C)nc2c1c(C)nn2C. The van der Waals surface area contributed by atoms with Crippen molar-refractivity contribution in [2.24, 2.45) is 7.05 Å². The van der Waals surface area contributed by atoms with Crippen LogP contribution in [0.15, 0.2) is 30.3 Å². The van der Waals surface area contributed by atoms with Gasteiger partial charge >= 0.3 is 0 Å². The molecule has 0 aliphatic rings. The molecule has 1 amide bonds. The largest absolute Gasteiger partial charge is 0.348 e. The quantitative estimate of drug-likeness (QED) is 0.652. The Morgan fingerprint density at radius 1 is 1.18 bits per heavy atom. The summed E-state index contributed by atoms with van der Waals surface area (Å²) in [5.74, 6) is -0.395. The van der Waals surface area contributed by atoms with Gasteiger partial charge in [-0.3, -0.25) is 9.48 Å². The first-order valence-corrected chi connectivity index (χ1v) is 10.4. The zero-order chi connectivity index (χ0) is 20.5. The second-order valence-electron chi connectivity index (χ2n) is 6.63. The van der Waals surface area contributed by atoms with Crippen molar-refractivity contribution in [3.63, 3.8) is 0 Å². The number of aromatic nitrogens is 3. The number of nitrogens with zero attached hydrogens (tertiary/aromatic N) is 3. The number of fused-ring (bicyclic) bond motifs is 1. The molecule has 3 rings (SSSR count). The van der Waals surface area contributed by atoms with Crippen LogP contribution < -0.4 is 10.0 Å². The first kappa shape index (κ1) is 20.0. The third-order valence-electron chi connectivity index (χ3n) is 4.56. The van der Waals surface area contributed by atoms with Crippen LogP contribution in [-0.2, 0) is 29.4 Å². The van der Waals surface area contributed by atoms with Gasteiger partial charge in [-0.25, -0.2) is 18.1 Å². The van der Waals surface area contributed by atoms with Crippen LogP contribution in [0.25, 0.3) is 11.0 Å². The van der Waals surface area contributed by atoms with Gasteiger partial charge in [-0.05, 0) is 38.1 Å². The first-order valence-electron chi connectivity index (χ1n) is 8.79. The van der Waals surface area contributed by atoms with E-state index in [1.54, 1.807) is 29.9 Å². The van der Waals surface area contributed by atoms with E-state index in [4.69, 9.17) is 0 Å². The minimum atomic E-state index is -3.41. The number of carbonyl (C=O) groups excluding carboxylic acids is 1. The molecular weight excluding hydrogens is 378 g/mol. The van der Waals surface area contributed by atoms with Crippen LogP contribution in [0.2, 0.25) is 0 Å². The zero-order valence-corrected chi connectivity index (χ0v) is 17.1. The Labute approximate surface area is 164 Å². The zero-order valence-electron chi connectivity index (χ0n) is 16.3. The van der Waals surface area contributed by atoms with Crippen LogP contribution in [0.5, 0.6) is 0 Å². The second kappa shape index (κ2) is 7.69. The highest BCUT2D eigenvalue weighted by Crippen LogP contribution is 2.22. The lowest BCUT2D eigenvalue weighted by Gasteiger charge is -2.12. The van der Waals surface area contributed by atoms with Gasteiger partial charge in [-0.2, -0.15) is 5.10 Å². The standard InChI is InChI=1S/C19H23N5O3S/c1-12-9-16(17-13(2)23-24(4)18(17)22-12)19(25)21-10-14-7-5-6-8-15(14)11-28(26,27)20-3/h5-9,20H,10-11H2,1-4H3,(H,21,25). The molecule has 0 aliphatic carbocycles. The summed E-state index contributed by atoms with van der Waals surface area (Å²) < 4.78 is 27.7. The van der Waals surface area contributed by atoms with Gasteiger partial charge < -0.3 is 5.32 Å². The summed E-state index contributed by atoms with van der Waals surface area (Å²) in [6, 6.07) is 8.89. The summed E-state index contributed by atoms with van der Waals surface area (Å²) in [7, 11) is -0.230. The Morgan fingerprint density at radius 2 is 1.86 bits per heavy atom. The van der Waals surface area contributed by atoms with Crippen molar-refractivity contribution in [1.29, 1.82) is 0 Å². The van der Waals surface area contributed by atoms with E-state index in [1.807, 2.05) is 26.0 Å². The summed E-state index contributed by atoms with van der Waals surface area (Å²) in [5.41, 5.74) is 4.01. The summed E-state index contributed by atoms with van der Waals surface area (Å²) in [4.78, 5) is 17.4. The van der Waals surface area contributed by atoms with Crippen LogP contribution in [0.1, 0.15) is 32.9 Å². The number of aryl methyl sites for hydroxylation is 3. The van der Waals surface area contributed by atoms with Gasteiger partial charge in [0.05, 0.1) is 22.4 Å². The molecule has 2 N–H and O–H groups in total. The molecule has 3 aromatic rings. The number of benzene rings is 1. The number of rotatable bonds is 6. The minimum absolute atomic E-state index is 0.143. The lowest BCUT2D eigenvalue weighted by molar-refractivity contribution is 0.0952. The summed E-state index contributed by atoms with van der Waals surface area (Å²) in [5, 5.41) is 7.97. The van der Waals surface area contributed by atoms with Crippen molar-refractivity contribution < 1.29 is 13.2 Å². The number of carbonyl (C=O) groups is 1. The van der Waals surface area contributed by atoms with Crippen LogP contribution in [0, 0.1) is 13.8 Å². The van der Waals surface area contributed by atoms with E-state index in [9.17, 15) is 13.2 Å². The van der Waals surface area contributed by atoms with Crippen LogP contribution in [-0.4, -0.2) is 36.1 Å². The Bertz CT molecular complexity index is 1150. The molecule has 0 atom stereocenters. The Morgan fingerprint density at radius 3 is 2.54 bits per heavy atom. The number of pyridine rings is 1. The Kier molecular flexibility index (Phi) is 5.48. The highest BCUT2D eigenvalue weighted by molar-refractivity contribution is 7.88. The monoisotopic (exact) mass is 401 g/mol. The molecule has 0 aliphatic heterocycles. The maximum absolute atomic E-state index is 12.9. The normalized spacial score (nSPS) is 11.7. The molecule has 0 radical (unpaired) electrons. The average molecular weight is 401 g/mol. The van der Waals surface area contributed by atoms with Crippen molar-refractivity contribution in [1.82, 2.24) is 24.8 Å². The third kappa shape index (κ3) is 4.05. The smallest absolute Gasteiger partial charge is 0.252 e. The number of nitrogens with one attached hydrogen (secondary N) is 2. The van der Waals surface area contributed by atoms with Gasteiger partial charge in [0.2, 0.25) is 10.0 Å². The van der Waals surface area contributed by atoms with E-state index in [1.165, 1.54) is 7.05 Å². The van der Waals surface area contributed by atoms with Crippen LogP contribution in [0.4, 0.5) is 0 Å². The molecule has 148 valence electrons. The molecule has 0 fully saturated rings. The van der Waals surface area contributed by atoms with Gasteiger partial charge in [-0.1, -0.05) is 24.3 Å². The lowest BCUT2D eigenvalue weighted by Crippen LogP contribution is -2.25. The molecule has 2 aromatic heterocycles. The molecule has 9 heteroatoms. The Hall–Kier alpha value is -2.78. The van der Waals surface area contributed by atoms with E-state index in [2.05, 4.69) is 20.1 Å². The van der Waals surface area contributed by atoms with E-state index >= 15 is 0 Å². The predicted molar refractivity (Wildman–Crippen MR) is 107 cm³/mol. The van der Waals surface area contributed by atoms with Gasteiger partial charge in [-0.15, -0.1) is 0 Å². The van der Waals surface area contributed by atoms with Crippen LogP contribution >= 0.6 is 0 Å².